The van der Waals surface area contributed by atoms with E-state index in [-0.39, 0.29) is 11.8 Å². The van der Waals surface area contributed by atoms with E-state index in [1.165, 1.54) is 18.5 Å². The Labute approximate surface area is 136 Å². The number of benzene rings is 1. The van der Waals surface area contributed by atoms with E-state index in [1.807, 2.05) is 37.4 Å². The minimum absolute atomic E-state index is 0.0715. The van der Waals surface area contributed by atoms with E-state index in [0.29, 0.717) is 6.54 Å². The number of carbonyl (C=O) groups excluding carboxylic acids is 1. The molecule has 4 heteroatoms. The molecule has 0 radical (unpaired) electrons. The van der Waals surface area contributed by atoms with E-state index in [4.69, 9.17) is 4.98 Å². The maximum absolute atomic E-state index is 12.4. The average Bonchev–Trinajstić information content (AvgIpc) is 3.22. The van der Waals surface area contributed by atoms with Crippen LogP contribution < -0.4 is 0 Å². The van der Waals surface area contributed by atoms with Crippen LogP contribution in [0.15, 0.2) is 35.7 Å². The smallest absolute Gasteiger partial charge is 0.253 e. The standard InChI is InChI=1S/C18H22N2OS/c1-13(17-19-16(12-22-17)10-14-8-9-14)11-20(2)18(21)15-6-4-3-5-7-15/h3-7,12-14H,8-11H2,1-2H3. The van der Waals surface area contributed by atoms with Gasteiger partial charge in [-0.3, -0.25) is 4.79 Å². The third-order valence-corrected chi connectivity index (χ3v) is 5.23. The predicted molar refractivity (Wildman–Crippen MR) is 90.4 cm³/mol. The van der Waals surface area contributed by atoms with Gasteiger partial charge < -0.3 is 4.90 Å². The van der Waals surface area contributed by atoms with Gasteiger partial charge in [-0.15, -0.1) is 11.3 Å². The summed E-state index contributed by atoms with van der Waals surface area (Å²) in [5, 5.41) is 3.33. The van der Waals surface area contributed by atoms with Crippen molar-refractivity contribution in [1.82, 2.24) is 9.88 Å². The molecule has 116 valence electrons. The summed E-state index contributed by atoms with van der Waals surface area (Å²) in [5.41, 5.74) is 1.97. The Kier molecular flexibility index (Phi) is 4.57. The largest absolute Gasteiger partial charge is 0.341 e. The molecular weight excluding hydrogens is 292 g/mol. The second kappa shape index (κ2) is 6.61. The molecule has 0 bridgehead atoms. The summed E-state index contributed by atoms with van der Waals surface area (Å²) in [5.74, 6) is 1.21. The molecule has 1 fully saturated rings. The normalized spacial score (nSPS) is 15.5. The van der Waals surface area contributed by atoms with Crippen LogP contribution in [0.2, 0.25) is 0 Å². The van der Waals surface area contributed by atoms with Crippen molar-refractivity contribution in [3.05, 3.63) is 52.0 Å². The maximum atomic E-state index is 12.4. The molecule has 3 rings (SSSR count). The number of nitrogens with zero attached hydrogens (tertiary/aromatic N) is 2. The van der Waals surface area contributed by atoms with Crippen LogP contribution in [0.5, 0.6) is 0 Å². The van der Waals surface area contributed by atoms with Crippen LogP contribution >= 0.6 is 11.3 Å². The van der Waals surface area contributed by atoms with E-state index in [1.54, 1.807) is 16.2 Å². The molecule has 0 spiro atoms. The summed E-state index contributed by atoms with van der Waals surface area (Å²) in [6.07, 6.45) is 3.84. The fraction of sp³-hybridized carbons (Fsp3) is 0.444. The van der Waals surface area contributed by atoms with Gasteiger partial charge in [0.25, 0.3) is 5.91 Å². The van der Waals surface area contributed by atoms with E-state index < -0.39 is 0 Å². The molecule has 3 nitrogen and oxygen atoms in total. The van der Waals surface area contributed by atoms with Gasteiger partial charge in [0, 0.05) is 30.5 Å². The molecule has 1 atom stereocenters. The quantitative estimate of drug-likeness (QED) is 0.808. The summed E-state index contributed by atoms with van der Waals surface area (Å²) >= 11 is 1.73. The second-order valence-corrected chi connectivity index (χ2v) is 7.17. The van der Waals surface area contributed by atoms with Crippen LogP contribution in [-0.2, 0) is 6.42 Å². The van der Waals surface area contributed by atoms with E-state index in [9.17, 15) is 4.79 Å². The summed E-state index contributed by atoms with van der Waals surface area (Å²) in [6.45, 7) is 2.85. The first-order valence-corrected chi connectivity index (χ1v) is 8.76. The third kappa shape index (κ3) is 3.74. The Morgan fingerprint density at radius 1 is 1.36 bits per heavy atom. The molecular formula is C18H22N2OS. The SMILES string of the molecule is CC(CN(C)C(=O)c1ccccc1)c1nc(CC2CC2)cs1. The van der Waals surface area contributed by atoms with Crippen molar-refractivity contribution in [2.24, 2.45) is 5.92 Å². The van der Waals surface area contributed by atoms with Crippen molar-refractivity contribution < 1.29 is 4.79 Å². The monoisotopic (exact) mass is 314 g/mol. The fourth-order valence-electron chi connectivity index (χ4n) is 2.63. The zero-order chi connectivity index (χ0) is 15.5. The molecule has 2 aromatic rings. The molecule has 0 aliphatic heterocycles. The van der Waals surface area contributed by atoms with Crippen molar-refractivity contribution in [2.45, 2.75) is 32.1 Å². The number of hydrogen-bond acceptors (Lipinski definition) is 3. The molecule has 1 aromatic heterocycles. The lowest BCUT2D eigenvalue weighted by atomic mass is 10.1. The van der Waals surface area contributed by atoms with Gasteiger partial charge in [0.1, 0.15) is 0 Å². The second-order valence-electron chi connectivity index (χ2n) is 6.28. The van der Waals surface area contributed by atoms with Crippen LogP contribution in [0.3, 0.4) is 0 Å². The molecule has 1 unspecified atom stereocenters. The average molecular weight is 314 g/mol. The van der Waals surface area contributed by atoms with Gasteiger partial charge >= 0.3 is 0 Å². The van der Waals surface area contributed by atoms with Crippen LogP contribution in [0.4, 0.5) is 0 Å². The molecule has 1 aliphatic rings. The molecule has 1 amide bonds. The molecule has 1 aliphatic carbocycles. The molecule has 1 aromatic carbocycles. The highest BCUT2D eigenvalue weighted by molar-refractivity contribution is 7.09. The summed E-state index contributed by atoms with van der Waals surface area (Å²) in [7, 11) is 1.87. The van der Waals surface area contributed by atoms with Gasteiger partial charge in [0.05, 0.1) is 10.7 Å². The Hall–Kier alpha value is -1.68. The van der Waals surface area contributed by atoms with Crippen LogP contribution in [-0.4, -0.2) is 29.4 Å². The maximum Gasteiger partial charge on any atom is 0.253 e. The van der Waals surface area contributed by atoms with Crippen molar-refractivity contribution in [2.75, 3.05) is 13.6 Å². The third-order valence-electron chi connectivity index (χ3n) is 4.10. The molecule has 0 saturated heterocycles. The number of amides is 1. The Morgan fingerprint density at radius 3 is 2.77 bits per heavy atom. The topological polar surface area (TPSA) is 33.2 Å². The van der Waals surface area contributed by atoms with Crippen molar-refractivity contribution in [3.8, 4) is 0 Å². The van der Waals surface area contributed by atoms with E-state index >= 15 is 0 Å². The first-order valence-electron chi connectivity index (χ1n) is 7.88. The zero-order valence-electron chi connectivity index (χ0n) is 13.2. The summed E-state index contributed by atoms with van der Waals surface area (Å²) in [6, 6.07) is 9.45. The molecule has 1 heterocycles. The highest BCUT2D eigenvalue weighted by Crippen LogP contribution is 2.33. The number of rotatable bonds is 6. The number of likely N-dealkylation sites (N-methyl/N-ethyl adjacent to an activating group) is 1. The van der Waals surface area contributed by atoms with Crippen molar-refractivity contribution >= 4 is 17.2 Å². The Balaban J connectivity index is 1.59. The Morgan fingerprint density at radius 2 is 2.09 bits per heavy atom. The zero-order valence-corrected chi connectivity index (χ0v) is 14.0. The lowest BCUT2D eigenvalue weighted by molar-refractivity contribution is 0.0788. The summed E-state index contributed by atoms with van der Waals surface area (Å²) in [4.78, 5) is 18.9. The summed E-state index contributed by atoms with van der Waals surface area (Å²) < 4.78 is 0. The van der Waals surface area contributed by atoms with Gasteiger partial charge in [-0.2, -0.15) is 0 Å². The van der Waals surface area contributed by atoms with Crippen molar-refractivity contribution in [1.29, 1.82) is 0 Å². The van der Waals surface area contributed by atoms with Crippen LogP contribution in [0, 0.1) is 5.92 Å². The lowest BCUT2D eigenvalue weighted by Crippen LogP contribution is -2.30. The number of aromatic nitrogens is 1. The fourth-order valence-corrected chi connectivity index (χ4v) is 3.52. The van der Waals surface area contributed by atoms with Gasteiger partial charge in [0.2, 0.25) is 0 Å². The van der Waals surface area contributed by atoms with Gasteiger partial charge in [-0.05, 0) is 37.3 Å². The predicted octanol–water partition coefficient (Wildman–Crippen LogP) is 3.97. The number of hydrogen-bond donors (Lipinski definition) is 0. The number of thiazole rings is 1. The van der Waals surface area contributed by atoms with Crippen LogP contribution in [0.1, 0.15) is 46.7 Å². The first-order chi connectivity index (χ1) is 10.6. The molecule has 1 saturated carbocycles. The van der Waals surface area contributed by atoms with Gasteiger partial charge in [-0.25, -0.2) is 4.98 Å². The van der Waals surface area contributed by atoms with E-state index in [0.717, 1.165) is 22.9 Å². The highest BCUT2D eigenvalue weighted by atomic mass is 32.1. The minimum atomic E-state index is 0.0715. The van der Waals surface area contributed by atoms with Gasteiger partial charge in [0.15, 0.2) is 0 Å². The lowest BCUT2D eigenvalue weighted by Gasteiger charge is -2.20. The van der Waals surface area contributed by atoms with E-state index in [2.05, 4.69) is 12.3 Å². The number of carbonyl (C=O) groups is 1. The molecule has 22 heavy (non-hydrogen) atoms. The van der Waals surface area contributed by atoms with Crippen molar-refractivity contribution in [3.63, 3.8) is 0 Å². The molecule has 0 N–H and O–H groups in total. The van der Waals surface area contributed by atoms with Crippen LogP contribution in [0.25, 0.3) is 0 Å². The van der Waals surface area contributed by atoms with Gasteiger partial charge in [-0.1, -0.05) is 25.1 Å². The highest BCUT2D eigenvalue weighted by Gasteiger charge is 2.23. The Bertz CT molecular complexity index is 634. The first kappa shape index (κ1) is 15.2. The minimum Gasteiger partial charge on any atom is -0.341 e.